The molecule has 31 heavy (non-hydrogen) atoms. The van der Waals surface area contributed by atoms with Gasteiger partial charge in [-0.2, -0.15) is 0 Å². The van der Waals surface area contributed by atoms with E-state index in [2.05, 4.69) is 35.7 Å². The molecule has 1 fully saturated rings. The summed E-state index contributed by atoms with van der Waals surface area (Å²) in [6.45, 7) is 1.93. The number of nitrogens with one attached hydrogen (secondary N) is 1. The largest absolute Gasteiger partial charge is 0.341 e. The zero-order chi connectivity index (χ0) is 21.6. The summed E-state index contributed by atoms with van der Waals surface area (Å²) in [5.41, 5.74) is 2.38. The van der Waals surface area contributed by atoms with Crippen LogP contribution in [0.15, 0.2) is 54.2 Å². The summed E-state index contributed by atoms with van der Waals surface area (Å²) >= 11 is 0. The Hall–Kier alpha value is -2.82. The number of amides is 3. The maximum absolute atomic E-state index is 12.7. The van der Waals surface area contributed by atoms with Crippen molar-refractivity contribution in [3.63, 3.8) is 0 Å². The van der Waals surface area contributed by atoms with Crippen molar-refractivity contribution in [2.24, 2.45) is 5.92 Å². The maximum Gasteiger partial charge on any atom is 0.321 e. The maximum atomic E-state index is 12.7. The number of hydrogen-bond donors (Lipinski definition) is 1. The highest BCUT2D eigenvalue weighted by atomic mass is 16.2. The first-order chi connectivity index (χ1) is 15.1. The summed E-state index contributed by atoms with van der Waals surface area (Å²) in [7, 11) is 1.85. The number of carbonyl (C=O) groups excluding carboxylic acids is 2. The Morgan fingerprint density at radius 3 is 2.81 bits per heavy atom. The van der Waals surface area contributed by atoms with Gasteiger partial charge in [0, 0.05) is 38.8 Å². The SMILES string of the molecule is CN(Cc1cccc2ccccc12)C(=O)CCCNC(=O)N1CCCC2CCCC=C21. The van der Waals surface area contributed by atoms with Crippen LogP contribution in [0.25, 0.3) is 10.8 Å². The second-order valence-electron chi connectivity index (χ2n) is 8.77. The second kappa shape index (κ2) is 9.99. The molecule has 0 saturated carbocycles. The van der Waals surface area contributed by atoms with E-state index in [0.29, 0.717) is 31.8 Å². The third-order valence-corrected chi connectivity index (χ3v) is 6.58. The average molecular weight is 420 g/mol. The molecule has 1 aliphatic heterocycles. The molecule has 0 aromatic heterocycles. The molecule has 164 valence electrons. The highest BCUT2D eigenvalue weighted by Crippen LogP contribution is 2.34. The highest BCUT2D eigenvalue weighted by molar-refractivity contribution is 5.86. The van der Waals surface area contributed by atoms with Crippen molar-refractivity contribution in [1.29, 1.82) is 0 Å². The molecule has 3 amide bonds. The monoisotopic (exact) mass is 419 g/mol. The van der Waals surface area contributed by atoms with Gasteiger partial charge in [-0.3, -0.25) is 9.69 Å². The summed E-state index contributed by atoms with van der Waals surface area (Å²) in [6, 6.07) is 14.5. The first-order valence-corrected chi connectivity index (χ1v) is 11.6. The molecule has 0 spiro atoms. The van der Waals surface area contributed by atoms with Crippen molar-refractivity contribution < 1.29 is 9.59 Å². The van der Waals surface area contributed by atoms with E-state index in [1.54, 1.807) is 4.90 Å². The lowest BCUT2D eigenvalue weighted by molar-refractivity contribution is -0.130. The molecular weight excluding hydrogens is 386 g/mol. The van der Waals surface area contributed by atoms with Crippen LogP contribution >= 0.6 is 0 Å². The van der Waals surface area contributed by atoms with Gasteiger partial charge in [0.05, 0.1) is 0 Å². The Bertz CT molecular complexity index is 963. The van der Waals surface area contributed by atoms with Gasteiger partial charge in [-0.25, -0.2) is 4.79 Å². The normalized spacial score (nSPS) is 18.3. The summed E-state index contributed by atoms with van der Waals surface area (Å²) in [6.07, 6.45) is 9.13. The number of piperidine rings is 1. The van der Waals surface area contributed by atoms with E-state index in [-0.39, 0.29) is 11.9 Å². The molecule has 0 bridgehead atoms. The molecule has 1 N–H and O–H groups in total. The number of carbonyl (C=O) groups is 2. The van der Waals surface area contributed by atoms with Gasteiger partial charge in [0.1, 0.15) is 0 Å². The fourth-order valence-electron chi connectivity index (χ4n) is 4.89. The summed E-state index contributed by atoms with van der Waals surface area (Å²) in [5.74, 6) is 0.660. The van der Waals surface area contributed by atoms with Gasteiger partial charge in [0.2, 0.25) is 5.91 Å². The Kier molecular flexibility index (Phi) is 6.90. The number of fused-ring (bicyclic) bond motifs is 2. The molecule has 0 radical (unpaired) electrons. The minimum atomic E-state index is -0.00518. The minimum absolute atomic E-state index is 0.00518. The number of benzene rings is 2. The van der Waals surface area contributed by atoms with Crippen LogP contribution < -0.4 is 5.32 Å². The lowest BCUT2D eigenvalue weighted by Gasteiger charge is -2.37. The van der Waals surface area contributed by atoms with Gasteiger partial charge in [-0.15, -0.1) is 0 Å². The van der Waals surface area contributed by atoms with Crippen molar-refractivity contribution in [2.75, 3.05) is 20.1 Å². The van der Waals surface area contributed by atoms with Crippen LogP contribution in [-0.2, 0) is 11.3 Å². The van der Waals surface area contributed by atoms with E-state index < -0.39 is 0 Å². The molecule has 2 aromatic carbocycles. The molecule has 1 heterocycles. The van der Waals surface area contributed by atoms with E-state index in [4.69, 9.17) is 0 Å². The quantitative estimate of drug-likeness (QED) is 0.665. The fourth-order valence-corrected chi connectivity index (χ4v) is 4.89. The van der Waals surface area contributed by atoms with Crippen LogP contribution in [0.1, 0.15) is 50.5 Å². The van der Waals surface area contributed by atoms with E-state index in [1.807, 2.05) is 30.1 Å². The van der Waals surface area contributed by atoms with Crippen LogP contribution in [0.3, 0.4) is 0 Å². The number of likely N-dealkylation sites (tertiary alicyclic amines) is 1. The number of allylic oxidation sites excluding steroid dienone is 2. The van der Waals surface area contributed by atoms with Gasteiger partial charge in [0.25, 0.3) is 0 Å². The van der Waals surface area contributed by atoms with Crippen molar-refractivity contribution in [3.8, 4) is 0 Å². The number of hydrogen-bond acceptors (Lipinski definition) is 2. The predicted octanol–water partition coefficient (Wildman–Crippen LogP) is 5.07. The molecule has 1 unspecified atom stereocenters. The number of rotatable bonds is 6. The Labute approximate surface area is 185 Å². The van der Waals surface area contributed by atoms with E-state index >= 15 is 0 Å². The molecule has 2 aromatic rings. The van der Waals surface area contributed by atoms with Gasteiger partial charge in [-0.1, -0.05) is 48.5 Å². The number of nitrogens with zero attached hydrogens (tertiary/aromatic N) is 2. The lowest BCUT2D eigenvalue weighted by Crippen LogP contribution is -2.45. The van der Waals surface area contributed by atoms with Crippen LogP contribution in [0.4, 0.5) is 4.79 Å². The molecule has 4 rings (SSSR count). The second-order valence-corrected chi connectivity index (χ2v) is 8.77. The smallest absolute Gasteiger partial charge is 0.321 e. The van der Waals surface area contributed by atoms with E-state index in [9.17, 15) is 9.59 Å². The fraction of sp³-hybridized carbons (Fsp3) is 0.462. The zero-order valence-electron chi connectivity index (χ0n) is 18.5. The van der Waals surface area contributed by atoms with Crippen LogP contribution in [0.5, 0.6) is 0 Å². The minimum Gasteiger partial charge on any atom is -0.341 e. The number of urea groups is 1. The lowest BCUT2D eigenvalue weighted by atomic mass is 9.85. The average Bonchev–Trinajstić information content (AvgIpc) is 2.81. The first kappa shape index (κ1) is 21.4. The molecule has 1 aliphatic carbocycles. The summed E-state index contributed by atoms with van der Waals surface area (Å²) in [5, 5.41) is 5.41. The third kappa shape index (κ3) is 5.09. The van der Waals surface area contributed by atoms with Crippen LogP contribution in [-0.4, -0.2) is 41.9 Å². The van der Waals surface area contributed by atoms with E-state index in [0.717, 1.165) is 24.9 Å². The molecule has 5 nitrogen and oxygen atoms in total. The summed E-state index contributed by atoms with van der Waals surface area (Å²) < 4.78 is 0. The topological polar surface area (TPSA) is 52.7 Å². The zero-order valence-corrected chi connectivity index (χ0v) is 18.5. The van der Waals surface area contributed by atoms with Gasteiger partial charge >= 0.3 is 6.03 Å². The van der Waals surface area contributed by atoms with Crippen LogP contribution in [0.2, 0.25) is 0 Å². The molecule has 2 aliphatic rings. The standard InChI is InChI=1S/C26H33N3O2/c1-28(19-22-12-6-11-20-9-2-4-14-23(20)22)25(30)16-7-17-27-26(31)29-18-8-13-21-10-3-5-15-24(21)29/h2,4,6,9,11-12,14-15,21H,3,5,7-8,10,13,16-19H2,1H3,(H,27,31). The molecule has 5 heteroatoms. The molecular formula is C26H33N3O2. The highest BCUT2D eigenvalue weighted by Gasteiger charge is 2.30. The van der Waals surface area contributed by atoms with Gasteiger partial charge in [-0.05, 0) is 60.8 Å². The molecule has 1 saturated heterocycles. The van der Waals surface area contributed by atoms with Crippen molar-refractivity contribution in [3.05, 3.63) is 59.8 Å². The Morgan fingerprint density at radius 2 is 1.90 bits per heavy atom. The molecule has 1 atom stereocenters. The Balaban J connectivity index is 1.23. The predicted molar refractivity (Wildman–Crippen MR) is 124 cm³/mol. The van der Waals surface area contributed by atoms with E-state index in [1.165, 1.54) is 35.7 Å². The first-order valence-electron chi connectivity index (χ1n) is 11.6. The van der Waals surface area contributed by atoms with Crippen LogP contribution in [0, 0.1) is 5.92 Å². The summed E-state index contributed by atoms with van der Waals surface area (Å²) in [4.78, 5) is 29.0. The van der Waals surface area contributed by atoms with Crippen molar-refractivity contribution >= 4 is 22.7 Å². The van der Waals surface area contributed by atoms with Gasteiger partial charge in [0.15, 0.2) is 0 Å². The van der Waals surface area contributed by atoms with Crippen molar-refractivity contribution in [2.45, 2.75) is 51.5 Å². The third-order valence-electron chi connectivity index (χ3n) is 6.58. The van der Waals surface area contributed by atoms with Gasteiger partial charge < -0.3 is 10.2 Å². The van der Waals surface area contributed by atoms with Crippen molar-refractivity contribution in [1.82, 2.24) is 15.1 Å². The Morgan fingerprint density at radius 1 is 1.10 bits per heavy atom.